The molecule has 0 aromatic heterocycles. The molecule has 0 aliphatic rings. The van der Waals surface area contributed by atoms with E-state index >= 15 is 0 Å². The molecule has 0 aliphatic carbocycles. The van der Waals surface area contributed by atoms with Gasteiger partial charge in [-0.2, -0.15) is 0 Å². The van der Waals surface area contributed by atoms with Gasteiger partial charge in [0, 0.05) is 19.1 Å². The summed E-state index contributed by atoms with van der Waals surface area (Å²) in [7, 11) is 1.63. The lowest BCUT2D eigenvalue weighted by Crippen LogP contribution is -2.39. The number of aliphatic hydroxyl groups is 1. The average Bonchev–Trinajstić information content (AvgIpc) is 2.61. The van der Waals surface area contributed by atoms with Gasteiger partial charge in [0.1, 0.15) is 24.2 Å². The van der Waals surface area contributed by atoms with Crippen LogP contribution in [0.2, 0.25) is 0 Å². The Bertz CT molecular complexity index is 640. The Morgan fingerprint density at radius 3 is 2.24 bits per heavy atom. The second kappa shape index (κ2) is 9.44. The van der Waals surface area contributed by atoms with Crippen LogP contribution < -0.4 is 9.47 Å². The topological polar surface area (TPSA) is 41.9 Å². The first kappa shape index (κ1) is 19.3. The minimum absolute atomic E-state index is 0.267. The molecule has 4 nitrogen and oxygen atoms in total. The van der Waals surface area contributed by atoms with Gasteiger partial charge in [0.05, 0.1) is 7.11 Å². The molecule has 0 amide bonds. The van der Waals surface area contributed by atoms with E-state index in [1.807, 2.05) is 24.3 Å². The Balaban J connectivity index is 1.88. The zero-order valence-electron chi connectivity index (χ0n) is 15.6. The highest BCUT2D eigenvalue weighted by molar-refractivity contribution is 5.31. The summed E-state index contributed by atoms with van der Waals surface area (Å²) in [5.74, 6) is 1.52. The van der Waals surface area contributed by atoms with E-state index in [0.717, 1.165) is 18.0 Å². The van der Waals surface area contributed by atoms with E-state index < -0.39 is 6.10 Å². The summed E-state index contributed by atoms with van der Waals surface area (Å²) in [5, 5.41) is 10.4. The summed E-state index contributed by atoms with van der Waals surface area (Å²) >= 11 is 0. The van der Waals surface area contributed by atoms with Crippen molar-refractivity contribution in [2.24, 2.45) is 0 Å². The van der Waals surface area contributed by atoms with Gasteiger partial charge >= 0.3 is 0 Å². The van der Waals surface area contributed by atoms with Crippen LogP contribution in [0.25, 0.3) is 0 Å². The van der Waals surface area contributed by atoms with Crippen LogP contribution in [0.4, 0.5) is 0 Å². The van der Waals surface area contributed by atoms with Crippen molar-refractivity contribution in [3.63, 3.8) is 0 Å². The van der Waals surface area contributed by atoms with Crippen molar-refractivity contribution in [2.45, 2.75) is 39.5 Å². The number of hydrogen-bond acceptors (Lipinski definition) is 4. The lowest BCUT2D eigenvalue weighted by atomic mass is 10.1. The van der Waals surface area contributed by atoms with Gasteiger partial charge in [-0.1, -0.05) is 24.3 Å². The summed E-state index contributed by atoms with van der Waals surface area (Å²) < 4.78 is 10.8. The molecule has 0 bridgehead atoms. The van der Waals surface area contributed by atoms with Crippen LogP contribution in [-0.2, 0) is 6.54 Å². The molecule has 0 spiro atoms. The second-order valence-corrected chi connectivity index (χ2v) is 6.59. The molecule has 136 valence electrons. The van der Waals surface area contributed by atoms with E-state index in [1.165, 1.54) is 11.1 Å². The van der Waals surface area contributed by atoms with Crippen LogP contribution in [0.5, 0.6) is 11.5 Å². The number of aliphatic hydroxyl groups excluding tert-OH is 1. The molecule has 1 N–H and O–H groups in total. The summed E-state index contributed by atoms with van der Waals surface area (Å²) in [5.41, 5.74) is 2.57. The quantitative estimate of drug-likeness (QED) is 0.754. The van der Waals surface area contributed by atoms with Gasteiger partial charge in [-0.25, -0.2) is 0 Å². The third kappa shape index (κ3) is 6.07. The van der Waals surface area contributed by atoms with Crippen molar-refractivity contribution >= 4 is 0 Å². The second-order valence-electron chi connectivity index (χ2n) is 6.59. The lowest BCUT2D eigenvalue weighted by Gasteiger charge is -2.29. The van der Waals surface area contributed by atoms with Crippen molar-refractivity contribution in [2.75, 3.05) is 20.3 Å². The van der Waals surface area contributed by atoms with Crippen LogP contribution in [0, 0.1) is 6.92 Å². The standard InChI is InChI=1S/C21H29NO3/c1-16(2)22(13-18-8-6-5-7-17(18)3)14-19(23)15-25-21-11-9-20(24-4)10-12-21/h5-12,16,19,23H,13-15H2,1-4H3/t19-/m0/s1. The molecular weight excluding hydrogens is 314 g/mol. The summed E-state index contributed by atoms with van der Waals surface area (Å²) in [6.07, 6.45) is -0.548. The Labute approximate surface area is 151 Å². The first-order valence-corrected chi connectivity index (χ1v) is 8.73. The molecule has 0 heterocycles. The van der Waals surface area contributed by atoms with Gasteiger partial charge in [-0.05, 0) is 56.2 Å². The predicted octanol–water partition coefficient (Wildman–Crippen LogP) is 3.65. The SMILES string of the molecule is COc1ccc(OC[C@@H](O)CN(Cc2ccccc2C)C(C)C)cc1. The van der Waals surface area contributed by atoms with Crippen molar-refractivity contribution in [1.29, 1.82) is 0 Å². The number of rotatable bonds is 9. The van der Waals surface area contributed by atoms with Gasteiger partial charge < -0.3 is 14.6 Å². The van der Waals surface area contributed by atoms with Crippen molar-refractivity contribution in [1.82, 2.24) is 4.90 Å². The van der Waals surface area contributed by atoms with Crippen LogP contribution in [0.15, 0.2) is 48.5 Å². The van der Waals surface area contributed by atoms with E-state index in [-0.39, 0.29) is 6.61 Å². The maximum Gasteiger partial charge on any atom is 0.119 e. The largest absolute Gasteiger partial charge is 0.497 e. The molecule has 0 saturated carbocycles. The number of benzene rings is 2. The minimum Gasteiger partial charge on any atom is -0.497 e. The maximum absolute atomic E-state index is 10.4. The monoisotopic (exact) mass is 343 g/mol. The maximum atomic E-state index is 10.4. The number of aryl methyl sites for hydroxylation is 1. The molecule has 0 radical (unpaired) electrons. The van der Waals surface area contributed by atoms with Gasteiger partial charge in [-0.3, -0.25) is 4.90 Å². The number of hydrogen-bond donors (Lipinski definition) is 1. The Hall–Kier alpha value is -2.04. The molecule has 0 fully saturated rings. The molecular formula is C21H29NO3. The van der Waals surface area contributed by atoms with Crippen LogP contribution in [-0.4, -0.2) is 42.4 Å². The molecule has 0 saturated heterocycles. The fourth-order valence-corrected chi connectivity index (χ4v) is 2.65. The zero-order chi connectivity index (χ0) is 18.2. The van der Waals surface area contributed by atoms with E-state index in [2.05, 4.69) is 49.9 Å². The first-order valence-electron chi connectivity index (χ1n) is 8.73. The number of ether oxygens (including phenoxy) is 2. The Morgan fingerprint density at radius 1 is 1.00 bits per heavy atom. The normalized spacial score (nSPS) is 12.4. The minimum atomic E-state index is -0.548. The molecule has 0 unspecified atom stereocenters. The fourth-order valence-electron chi connectivity index (χ4n) is 2.65. The van der Waals surface area contributed by atoms with Crippen LogP contribution >= 0.6 is 0 Å². The van der Waals surface area contributed by atoms with Crippen molar-refractivity contribution in [3.05, 3.63) is 59.7 Å². The average molecular weight is 343 g/mol. The van der Waals surface area contributed by atoms with Crippen LogP contribution in [0.1, 0.15) is 25.0 Å². The third-order valence-electron chi connectivity index (χ3n) is 4.31. The van der Waals surface area contributed by atoms with Gasteiger partial charge in [0.2, 0.25) is 0 Å². The molecule has 2 aromatic rings. The summed E-state index contributed by atoms with van der Waals surface area (Å²) in [6.45, 7) is 8.08. The molecule has 0 aliphatic heterocycles. The highest BCUT2D eigenvalue weighted by Gasteiger charge is 2.16. The van der Waals surface area contributed by atoms with Crippen molar-refractivity contribution in [3.8, 4) is 11.5 Å². The first-order chi connectivity index (χ1) is 12.0. The Kier molecular flexibility index (Phi) is 7.29. The number of nitrogens with zero attached hydrogens (tertiary/aromatic N) is 1. The molecule has 2 rings (SSSR count). The molecule has 2 aromatic carbocycles. The van der Waals surface area contributed by atoms with E-state index in [0.29, 0.717) is 12.6 Å². The van der Waals surface area contributed by atoms with E-state index in [9.17, 15) is 5.11 Å². The zero-order valence-corrected chi connectivity index (χ0v) is 15.6. The smallest absolute Gasteiger partial charge is 0.119 e. The molecule has 4 heteroatoms. The van der Waals surface area contributed by atoms with E-state index in [4.69, 9.17) is 9.47 Å². The lowest BCUT2D eigenvalue weighted by molar-refractivity contribution is 0.0542. The molecule has 25 heavy (non-hydrogen) atoms. The highest BCUT2D eigenvalue weighted by atomic mass is 16.5. The van der Waals surface area contributed by atoms with Crippen LogP contribution in [0.3, 0.4) is 0 Å². The number of methoxy groups -OCH3 is 1. The van der Waals surface area contributed by atoms with E-state index in [1.54, 1.807) is 7.11 Å². The van der Waals surface area contributed by atoms with Gasteiger partial charge in [0.15, 0.2) is 0 Å². The predicted molar refractivity (Wildman–Crippen MR) is 101 cm³/mol. The van der Waals surface area contributed by atoms with Crippen molar-refractivity contribution < 1.29 is 14.6 Å². The van der Waals surface area contributed by atoms with Gasteiger partial charge in [-0.15, -0.1) is 0 Å². The highest BCUT2D eigenvalue weighted by Crippen LogP contribution is 2.18. The Morgan fingerprint density at radius 2 is 1.64 bits per heavy atom. The van der Waals surface area contributed by atoms with Gasteiger partial charge in [0.25, 0.3) is 0 Å². The third-order valence-corrected chi connectivity index (χ3v) is 4.31. The fraction of sp³-hybridized carbons (Fsp3) is 0.429. The molecule has 1 atom stereocenters. The summed E-state index contributed by atoms with van der Waals surface area (Å²) in [6, 6.07) is 16.1. The summed E-state index contributed by atoms with van der Waals surface area (Å²) in [4.78, 5) is 2.27.